The molecule has 2 rings (SSSR count). The molecule has 0 fully saturated rings. The zero-order valence-corrected chi connectivity index (χ0v) is 15.8. The Bertz CT molecular complexity index is 752. The van der Waals surface area contributed by atoms with Gasteiger partial charge in [0, 0.05) is 0 Å². The Morgan fingerprint density at radius 3 is 2.54 bits per heavy atom. The van der Waals surface area contributed by atoms with Gasteiger partial charge in [-0.05, 0) is 66.8 Å². The van der Waals surface area contributed by atoms with E-state index in [2.05, 4.69) is 24.4 Å². The Hall–Kier alpha value is -2.82. The highest BCUT2D eigenvalue weighted by molar-refractivity contribution is 5.83. The van der Waals surface area contributed by atoms with Crippen LogP contribution in [0.4, 0.5) is 0 Å². The predicted molar refractivity (Wildman–Crippen MR) is 104 cm³/mol. The number of hydrazone groups is 1. The van der Waals surface area contributed by atoms with Crippen LogP contribution in [0.25, 0.3) is 0 Å². The zero-order valence-electron chi connectivity index (χ0n) is 15.8. The van der Waals surface area contributed by atoms with Gasteiger partial charge in [0.1, 0.15) is 11.5 Å². The molecule has 0 aliphatic heterocycles. The molecule has 0 aliphatic carbocycles. The fraction of sp³-hybridized carbons (Fsp3) is 0.333. The fourth-order valence-corrected chi connectivity index (χ4v) is 2.41. The topological polar surface area (TPSA) is 59.9 Å². The molecule has 0 radical (unpaired) electrons. The van der Waals surface area contributed by atoms with Crippen molar-refractivity contribution in [1.82, 2.24) is 5.43 Å². The number of hydrogen-bond donors (Lipinski definition) is 1. The molecular weight excluding hydrogens is 328 g/mol. The molecule has 2 aromatic carbocycles. The van der Waals surface area contributed by atoms with E-state index in [1.807, 2.05) is 56.3 Å². The van der Waals surface area contributed by atoms with E-state index < -0.39 is 0 Å². The lowest BCUT2D eigenvalue weighted by molar-refractivity contribution is -0.123. The van der Waals surface area contributed by atoms with Crippen molar-refractivity contribution in [2.24, 2.45) is 5.10 Å². The third-order valence-corrected chi connectivity index (χ3v) is 3.74. The molecule has 0 saturated heterocycles. The number of ether oxygens (including phenoxy) is 2. The van der Waals surface area contributed by atoms with Crippen molar-refractivity contribution >= 4 is 12.1 Å². The monoisotopic (exact) mass is 354 g/mol. The molecule has 5 nitrogen and oxygen atoms in total. The van der Waals surface area contributed by atoms with Crippen molar-refractivity contribution in [3.05, 3.63) is 59.2 Å². The summed E-state index contributed by atoms with van der Waals surface area (Å²) in [4.78, 5) is 11.9. The smallest absolute Gasteiger partial charge is 0.277 e. The molecule has 0 saturated carbocycles. The molecule has 0 bridgehead atoms. The van der Waals surface area contributed by atoms with E-state index in [1.54, 1.807) is 6.21 Å². The third-order valence-electron chi connectivity index (χ3n) is 3.74. The maximum atomic E-state index is 11.9. The van der Waals surface area contributed by atoms with E-state index in [-0.39, 0.29) is 12.5 Å². The second-order valence-corrected chi connectivity index (χ2v) is 6.28. The summed E-state index contributed by atoms with van der Waals surface area (Å²) in [7, 11) is 0. The van der Waals surface area contributed by atoms with Gasteiger partial charge in [-0.3, -0.25) is 4.79 Å². The molecule has 138 valence electrons. The van der Waals surface area contributed by atoms with Gasteiger partial charge in [0.2, 0.25) is 0 Å². The molecule has 0 atom stereocenters. The summed E-state index contributed by atoms with van der Waals surface area (Å²) in [6.07, 6.45) is 1.58. The van der Waals surface area contributed by atoms with Gasteiger partial charge in [-0.25, -0.2) is 5.43 Å². The summed E-state index contributed by atoms with van der Waals surface area (Å²) in [5.41, 5.74) is 5.53. The molecule has 0 aliphatic rings. The van der Waals surface area contributed by atoms with Crippen LogP contribution in [0.3, 0.4) is 0 Å². The second-order valence-electron chi connectivity index (χ2n) is 6.28. The van der Waals surface area contributed by atoms with Gasteiger partial charge in [-0.1, -0.05) is 26.0 Å². The maximum absolute atomic E-state index is 11.9. The van der Waals surface area contributed by atoms with Crippen LogP contribution in [0.1, 0.15) is 43.4 Å². The van der Waals surface area contributed by atoms with Crippen molar-refractivity contribution in [2.75, 3.05) is 13.2 Å². The maximum Gasteiger partial charge on any atom is 0.277 e. The van der Waals surface area contributed by atoms with Crippen molar-refractivity contribution < 1.29 is 14.3 Å². The van der Waals surface area contributed by atoms with Gasteiger partial charge >= 0.3 is 0 Å². The van der Waals surface area contributed by atoms with E-state index in [0.29, 0.717) is 12.5 Å². The van der Waals surface area contributed by atoms with Crippen LogP contribution >= 0.6 is 0 Å². The number of aryl methyl sites for hydroxylation is 1. The standard InChI is InChI=1S/C21H26N2O3/c1-5-25-18-9-7-17(8-10-18)13-22-23-21(24)14-26-20-12-16(4)6-11-19(20)15(2)3/h6-13,15H,5,14H2,1-4H3,(H,23,24)/b22-13-. The van der Waals surface area contributed by atoms with Gasteiger partial charge in [0.15, 0.2) is 6.61 Å². The molecule has 5 heteroatoms. The van der Waals surface area contributed by atoms with Crippen LogP contribution in [0.2, 0.25) is 0 Å². The quantitative estimate of drug-likeness (QED) is 0.575. The SMILES string of the molecule is CCOc1ccc(/C=N\NC(=O)COc2cc(C)ccc2C(C)C)cc1. The first kappa shape index (κ1) is 19.5. The highest BCUT2D eigenvalue weighted by atomic mass is 16.5. The average Bonchev–Trinajstić information content (AvgIpc) is 2.61. The molecule has 1 amide bonds. The Morgan fingerprint density at radius 2 is 1.88 bits per heavy atom. The van der Waals surface area contributed by atoms with Crippen LogP contribution in [-0.2, 0) is 4.79 Å². The summed E-state index contributed by atoms with van der Waals surface area (Å²) in [6, 6.07) is 13.5. The lowest BCUT2D eigenvalue weighted by Gasteiger charge is -2.14. The first-order chi connectivity index (χ1) is 12.5. The van der Waals surface area contributed by atoms with E-state index >= 15 is 0 Å². The third kappa shape index (κ3) is 5.92. The van der Waals surface area contributed by atoms with Gasteiger partial charge in [-0.15, -0.1) is 0 Å². The first-order valence-electron chi connectivity index (χ1n) is 8.77. The van der Waals surface area contributed by atoms with Gasteiger partial charge in [-0.2, -0.15) is 5.10 Å². The summed E-state index contributed by atoms with van der Waals surface area (Å²) in [5, 5.41) is 3.96. The highest BCUT2D eigenvalue weighted by Gasteiger charge is 2.10. The van der Waals surface area contributed by atoms with Crippen molar-refractivity contribution in [3.8, 4) is 11.5 Å². The number of nitrogens with zero attached hydrogens (tertiary/aromatic N) is 1. The average molecular weight is 354 g/mol. The highest BCUT2D eigenvalue weighted by Crippen LogP contribution is 2.27. The summed E-state index contributed by atoms with van der Waals surface area (Å²) in [6.45, 7) is 8.68. The lowest BCUT2D eigenvalue weighted by Crippen LogP contribution is -2.25. The van der Waals surface area contributed by atoms with Crippen LogP contribution in [-0.4, -0.2) is 25.3 Å². The minimum absolute atomic E-state index is 0.0796. The lowest BCUT2D eigenvalue weighted by atomic mass is 10.0. The predicted octanol–water partition coefficient (Wildman–Crippen LogP) is 4.05. The first-order valence-corrected chi connectivity index (χ1v) is 8.77. The molecule has 0 spiro atoms. The summed E-state index contributed by atoms with van der Waals surface area (Å²) < 4.78 is 11.1. The van der Waals surface area contributed by atoms with E-state index in [4.69, 9.17) is 9.47 Å². The van der Waals surface area contributed by atoms with Crippen molar-refractivity contribution in [1.29, 1.82) is 0 Å². The molecule has 2 aromatic rings. The molecule has 0 unspecified atom stereocenters. The molecule has 0 heterocycles. The van der Waals surface area contributed by atoms with E-state index in [1.165, 1.54) is 0 Å². The van der Waals surface area contributed by atoms with Crippen LogP contribution in [0.5, 0.6) is 11.5 Å². The molecule has 26 heavy (non-hydrogen) atoms. The van der Waals surface area contributed by atoms with Crippen molar-refractivity contribution in [3.63, 3.8) is 0 Å². The number of hydrogen-bond acceptors (Lipinski definition) is 4. The van der Waals surface area contributed by atoms with Gasteiger partial charge in [0.25, 0.3) is 5.91 Å². The number of amides is 1. The largest absolute Gasteiger partial charge is 0.494 e. The molecular formula is C21H26N2O3. The number of carbonyl (C=O) groups excluding carboxylic acids is 1. The minimum Gasteiger partial charge on any atom is -0.494 e. The number of rotatable bonds is 8. The summed E-state index contributed by atoms with van der Waals surface area (Å²) >= 11 is 0. The van der Waals surface area contributed by atoms with E-state index in [0.717, 1.165) is 28.2 Å². The second kappa shape index (κ2) is 9.61. The van der Waals surface area contributed by atoms with E-state index in [9.17, 15) is 4.79 Å². The van der Waals surface area contributed by atoms with Crippen molar-refractivity contribution in [2.45, 2.75) is 33.6 Å². The van der Waals surface area contributed by atoms with Crippen LogP contribution in [0, 0.1) is 6.92 Å². The normalized spacial score (nSPS) is 11.0. The van der Waals surface area contributed by atoms with Crippen LogP contribution in [0.15, 0.2) is 47.6 Å². The number of benzene rings is 2. The Balaban J connectivity index is 1.86. The summed E-state index contributed by atoms with van der Waals surface area (Å²) in [5.74, 6) is 1.57. The number of nitrogens with one attached hydrogen (secondary N) is 1. The Morgan fingerprint density at radius 1 is 1.15 bits per heavy atom. The zero-order chi connectivity index (χ0) is 18.9. The van der Waals surface area contributed by atoms with Crippen LogP contribution < -0.4 is 14.9 Å². The van der Waals surface area contributed by atoms with Gasteiger partial charge < -0.3 is 9.47 Å². The Labute approximate surface area is 155 Å². The van der Waals surface area contributed by atoms with Gasteiger partial charge in [0.05, 0.1) is 12.8 Å². The molecule has 1 N–H and O–H groups in total. The Kier molecular flexibility index (Phi) is 7.21. The molecule has 0 aromatic heterocycles. The minimum atomic E-state index is -0.302. The number of carbonyl (C=O) groups is 1. The fourth-order valence-electron chi connectivity index (χ4n) is 2.41.